The minimum absolute atomic E-state index is 0.304. The molecule has 1 saturated heterocycles. The molecular weight excluding hydrogens is 320 g/mol. The van der Waals surface area contributed by atoms with Crippen molar-refractivity contribution in [3.63, 3.8) is 0 Å². The van der Waals surface area contributed by atoms with E-state index in [1.54, 1.807) is 0 Å². The Labute approximate surface area is 157 Å². The van der Waals surface area contributed by atoms with Crippen LogP contribution < -0.4 is 0 Å². The van der Waals surface area contributed by atoms with Crippen LogP contribution in [0.3, 0.4) is 0 Å². The Bertz CT molecular complexity index is 698. The predicted molar refractivity (Wildman–Crippen MR) is 106 cm³/mol. The fourth-order valence-electron chi connectivity index (χ4n) is 4.69. The summed E-state index contributed by atoms with van der Waals surface area (Å²) in [5.41, 5.74) is 3.88. The zero-order chi connectivity index (χ0) is 17.9. The SMILES string of the molecule is CC1C2=C(CC=CC2)C(=O)N1CC1CCN(CCc2ccccc2)CC1. The second-order valence-corrected chi connectivity index (χ2v) is 8.04. The molecule has 0 aromatic heterocycles. The van der Waals surface area contributed by atoms with Crippen LogP contribution >= 0.6 is 0 Å². The Morgan fingerprint density at radius 3 is 2.50 bits per heavy atom. The molecule has 138 valence electrons. The van der Waals surface area contributed by atoms with Gasteiger partial charge in [-0.1, -0.05) is 42.5 Å². The quantitative estimate of drug-likeness (QED) is 0.754. The van der Waals surface area contributed by atoms with Gasteiger partial charge in [0, 0.05) is 18.7 Å². The minimum Gasteiger partial charge on any atom is -0.332 e. The maximum atomic E-state index is 12.8. The lowest BCUT2D eigenvalue weighted by atomic mass is 9.94. The molecule has 1 aliphatic carbocycles. The number of allylic oxidation sites excluding steroid dienone is 2. The van der Waals surface area contributed by atoms with Gasteiger partial charge in [-0.15, -0.1) is 0 Å². The zero-order valence-electron chi connectivity index (χ0n) is 15.9. The summed E-state index contributed by atoms with van der Waals surface area (Å²) < 4.78 is 0. The van der Waals surface area contributed by atoms with Crippen LogP contribution in [0.15, 0.2) is 53.6 Å². The van der Waals surface area contributed by atoms with E-state index in [0.717, 1.165) is 37.9 Å². The standard InChI is InChI=1S/C23H30N2O/c1-18-21-9-5-6-10-22(21)23(26)25(18)17-20-12-15-24(16-13-20)14-11-19-7-3-2-4-8-19/h2-8,18,20H,9-17H2,1H3. The van der Waals surface area contributed by atoms with Gasteiger partial charge < -0.3 is 9.80 Å². The highest BCUT2D eigenvalue weighted by atomic mass is 16.2. The number of nitrogens with zero attached hydrogens (tertiary/aromatic N) is 2. The Kier molecular flexibility index (Phi) is 5.26. The van der Waals surface area contributed by atoms with Crippen molar-refractivity contribution in [3.05, 3.63) is 59.2 Å². The summed E-state index contributed by atoms with van der Waals surface area (Å²) >= 11 is 0. The highest BCUT2D eigenvalue weighted by Crippen LogP contribution is 2.34. The van der Waals surface area contributed by atoms with E-state index in [2.05, 4.69) is 59.2 Å². The van der Waals surface area contributed by atoms with Crippen LogP contribution in [0.1, 0.15) is 38.2 Å². The number of hydrogen-bond donors (Lipinski definition) is 0. The Balaban J connectivity index is 1.25. The van der Waals surface area contributed by atoms with Crippen LogP contribution in [-0.2, 0) is 11.2 Å². The summed E-state index contributed by atoms with van der Waals surface area (Å²) in [7, 11) is 0. The van der Waals surface area contributed by atoms with E-state index in [1.165, 1.54) is 37.1 Å². The smallest absolute Gasteiger partial charge is 0.250 e. The van der Waals surface area contributed by atoms with E-state index in [-0.39, 0.29) is 0 Å². The van der Waals surface area contributed by atoms with Gasteiger partial charge in [-0.2, -0.15) is 0 Å². The third-order valence-corrected chi connectivity index (χ3v) is 6.43. The first-order chi connectivity index (χ1) is 12.7. The Hall–Kier alpha value is -1.87. The van der Waals surface area contributed by atoms with Crippen LogP contribution in [0, 0.1) is 5.92 Å². The summed E-state index contributed by atoms with van der Waals surface area (Å²) in [6.45, 7) is 6.65. The molecule has 26 heavy (non-hydrogen) atoms. The van der Waals surface area contributed by atoms with Crippen molar-refractivity contribution in [1.29, 1.82) is 0 Å². The van der Waals surface area contributed by atoms with Crippen LogP contribution in [0.25, 0.3) is 0 Å². The van der Waals surface area contributed by atoms with Gasteiger partial charge in [0.2, 0.25) is 0 Å². The molecule has 3 heteroatoms. The molecule has 2 aliphatic heterocycles. The van der Waals surface area contributed by atoms with Gasteiger partial charge in [0.25, 0.3) is 5.91 Å². The summed E-state index contributed by atoms with van der Waals surface area (Å²) in [5.74, 6) is 0.965. The van der Waals surface area contributed by atoms with Gasteiger partial charge >= 0.3 is 0 Å². The topological polar surface area (TPSA) is 23.6 Å². The molecule has 1 fully saturated rings. The van der Waals surface area contributed by atoms with Crippen molar-refractivity contribution in [2.24, 2.45) is 5.92 Å². The third kappa shape index (κ3) is 3.64. The lowest BCUT2D eigenvalue weighted by Crippen LogP contribution is -2.42. The number of benzene rings is 1. The number of amides is 1. The maximum absolute atomic E-state index is 12.8. The molecule has 0 radical (unpaired) electrons. The van der Waals surface area contributed by atoms with E-state index < -0.39 is 0 Å². The van der Waals surface area contributed by atoms with Crippen molar-refractivity contribution in [2.75, 3.05) is 26.2 Å². The maximum Gasteiger partial charge on any atom is 0.250 e. The van der Waals surface area contributed by atoms with Crippen molar-refractivity contribution in [2.45, 2.75) is 45.1 Å². The first-order valence-electron chi connectivity index (χ1n) is 10.2. The number of piperidine rings is 1. The number of hydrogen-bond acceptors (Lipinski definition) is 2. The summed E-state index contributed by atoms with van der Waals surface area (Å²) in [6, 6.07) is 11.1. The molecule has 2 heterocycles. The normalized spacial score (nSPS) is 24.4. The van der Waals surface area contributed by atoms with Crippen molar-refractivity contribution >= 4 is 5.91 Å². The van der Waals surface area contributed by atoms with Crippen molar-refractivity contribution in [1.82, 2.24) is 9.80 Å². The molecular formula is C23H30N2O. The number of carbonyl (C=O) groups is 1. The summed E-state index contributed by atoms with van der Waals surface area (Å²) in [5, 5.41) is 0. The molecule has 1 aromatic rings. The van der Waals surface area contributed by atoms with Crippen LogP contribution in [-0.4, -0.2) is 47.9 Å². The number of carbonyl (C=O) groups excluding carboxylic acids is 1. The molecule has 1 aromatic carbocycles. The van der Waals surface area contributed by atoms with Crippen LogP contribution in [0.5, 0.6) is 0 Å². The average molecular weight is 351 g/mol. The van der Waals surface area contributed by atoms with Crippen LogP contribution in [0.4, 0.5) is 0 Å². The van der Waals surface area contributed by atoms with E-state index in [0.29, 0.717) is 17.9 Å². The van der Waals surface area contributed by atoms with E-state index in [1.807, 2.05) is 0 Å². The first kappa shape index (κ1) is 17.5. The molecule has 0 saturated carbocycles. The molecule has 1 atom stereocenters. The summed E-state index contributed by atoms with van der Waals surface area (Å²) in [6.07, 6.45) is 9.75. The monoisotopic (exact) mass is 350 g/mol. The van der Waals surface area contributed by atoms with Gasteiger partial charge in [0.15, 0.2) is 0 Å². The highest BCUT2D eigenvalue weighted by Gasteiger charge is 2.37. The van der Waals surface area contributed by atoms with Gasteiger partial charge in [0.1, 0.15) is 0 Å². The first-order valence-corrected chi connectivity index (χ1v) is 10.2. The van der Waals surface area contributed by atoms with Gasteiger partial charge in [-0.3, -0.25) is 4.79 Å². The number of rotatable bonds is 5. The molecule has 1 unspecified atom stereocenters. The Morgan fingerprint density at radius 2 is 1.77 bits per heavy atom. The largest absolute Gasteiger partial charge is 0.332 e. The fourth-order valence-corrected chi connectivity index (χ4v) is 4.69. The highest BCUT2D eigenvalue weighted by molar-refractivity contribution is 5.98. The fraction of sp³-hybridized carbons (Fsp3) is 0.522. The van der Waals surface area contributed by atoms with E-state index in [9.17, 15) is 4.79 Å². The second kappa shape index (κ2) is 7.79. The molecule has 4 rings (SSSR count). The van der Waals surface area contributed by atoms with Gasteiger partial charge in [-0.25, -0.2) is 0 Å². The predicted octanol–water partition coefficient (Wildman–Crippen LogP) is 3.82. The molecule has 3 aliphatic rings. The lowest BCUT2D eigenvalue weighted by molar-refractivity contribution is -0.127. The lowest BCUT2D eigenvalue weighted by Gasteiger charge is -2.35. The van der Waals surface area contributed by atoms with E-state index >= 15 is 0 Å². The van der Waals surface area contributed by atoms with E-state index in [4.69, 9.17) is 0 Å². The molecule has 0 bridgehead atoms. The molecule has 0 N–H and O–H groups in total. The molecule has 3 nitrogen and oxygen atoms in total. The third-order valence-electron chi connectivity index (χ3n) is 6.43. The minimum atomic E-state index is 0.304. The van der Waals surface area contributed by atoms with Crippen molar-refractivity contribution in [3.8, 4) is 0 Å². The summed E-state index contributed by atoms with van der Waals surface area (Å²) in [4.78, 5) is 17.5. The Morgan fingerprint density at radius 1 is 1.04 bits per heavy atom. The number of likely N-dealkylation sites (tertiary alicyclic amines) is 1. The van der Waals surface area contributed by atoms with Crippen molar-refractivity contribution < 1.29 is 4.79 Å². The zero-order valence-corrected chi connectivity index (χ0v) is 15.9. The van der Waals surface area contributed by atoms with Crippen LogP contribution in [0.2, 0.25) is 0 Å². The second-order valence-electron chi connectivity index (χ2n) is 8.04. The molecule has 0 spiro atoms. The van der Waals surface area contributed by atoms with Gasteiger partial charge in [0.05, 0.1) is 6.04 Å². The average Bonchev–Trinajstić information content (AvgIpc) is 2.93. The molecule has 1 amide bonds. The van der Waals surface area contributed by atoms with Gasteiger partial charge in [-0.05, 0) is 69.2 Å².